The predicted molar refractivity (Wildman–Crippen MR) is 100 cm³/mol. The Bertz CT molecular complexity index is 890. The minimum atomic E-state index is -0.833. The van der Waals surface area contributed by atoms with Crippen LogP contribution in [0.5, 0.6) is 0 Å². The lowest BCUT2D eigenvalue weighted by molar-refractivity contribution is -0.137. The Hall–Kier alpha value is -3.35. The number of benzene rings is 1. The van der Waals surface area contributed by atoms with Crippen LogP contribution in [0, 0.1) is 0 Å². The van der Waals surface area contributed by atoms with Crippen LogP contribution in [0.2, 0.25) is 0 Å². The van der Waals surface area contributed by atoms with E-state index in [0.717, 1.165) is 11.1 Å². The Kier molecular flexibility index (Phi) is 5.40. The number of aliphatic carboxylic acids is 1. The van der Waals surface area contributed by atoms with Gasteiger partial charge in [0.1, 0.15) is 11.6 Å². The summed E-state index contributed by atoms with van der Waals surface area (Å²) in [6.07, 6.45) is 0.526. The molecule has 0 unspecified atom stereocenters. The molecule has 7 nitrogen and oxygen atoms in total. The third-order valence-electron chi connectivity index (χ3n) is 4.41. The van der Waals surface area contributed by atoms with Gasteiger partial charge in [-0.1, -0.05) is 30.3 Å². The first-order valence-corrected chi connectivity index (χ1v) is 8.57. The smallest absolute Gasteiger partial charge is 0.303 e. The molecule has 3 N–H and O–H groups in total. The van der Waals surface area contributed by atoms with Crippen LogP contribution in [0.15, 0.2) is 48.2 Å². The zero-order chi connectivity index (χ0) is 19.4. The Balaban J connectivity index is 1.77. The zero-order valence-corrected chi connectivity index (χ0v) is 15.0. The van der Waals surface area contributed by atoms with Crippen molar-refractivity contribution >= 4 is 23.3 Å². The van der Waals surface area contributed by atoms with Crippen LogP contribution >= 0.6 is 0 Å². The van der Waals surface area contributed by atoms with Crippen LogP contribution in [0.25, 0.3) is 5.57 Å². The highest BCUT2D eigenvalue weighted by molar-refractivity contribution is 6.22. The number of carbonyl (C=O) groups excluding carboxylic acids is 1. The standard InChI is InChI=1S/C20H21N3O4/c1-27-16-12-23(11-15-3-2-4-17(21)22-15)20(26)19(16)14-8-5-13(6-9-14)7-10-18(24)25/h2-6,8-9H,7,10-12H2,1H3,(H2,21,22)(H,24,25). The van der Waals surface area contributed by atoms with E-state index in [1.807, 2.05) is 30.3 Å². The number of amides is 1. The highest BCUT2D eigenvalue weighted by atomic mass is 16.5. The summed E-state index contributed by atoms with van der Waals surface area (Å²) in [5.41, 5.74) is 8.60. The number of carboxylic acids is 1. The second-order valence-corrected chi connectivity index (χ2v) is 6.31. The number of pyridine rings is 1. The average Bonchev–Trinajstić information content (AvgIpc) is 2.96. The van der Waals surface area contributed by atoms with Crippen molar-refractivity contribution in [2.24, 2.45) is 0 Å². The first-order chi connectivity index (χ1) is 13.0. The molecule has 1 amide bonds. The van der Waals surface area contributed by atoms with Crippen molar-refractivity contribution in [1.82, 2.24) is 9.88 Å². The molecule has 0 radical (unpaired) electrons. The number of hydrogen-bond acceptors (Lipinski definition) is 5. The number of nitrogens with two attached hydrogens (primary N) is 1. The molecule has 3 rings (SSSR count). The summed E-state index contributed by atoms with van der Waals surface area (Å²) in [7, 11) is 1.55. The number of hydrogen-bond donors (Lipinski definition) is 2. The van der Waals surface area contributed by atoms with Gasteiger partial charge in [-0.3, -0.25) is 9.59 Å². The van der Waals surface area contributed by atoms with Crippen molar-refractivity contribution < 1.29 is 19.4 Å². The monoisotopic (exact) mass is 367 g/mol. The zero-order valence-electron chi connectivity index (χ0n) is 15.0. The largest absolute Gasteiger partial charge is 0.498 e. The number of nitrogens with zero attached hydrogens (tertiary/aromatic N) is 2. The number of carboxylic acid groups (broad SMARTS) is 1. The lowest BCUT2D eigenvalue weighted by atomic mass is 10.0. The van der Waals surface area contributed by atoms with Crippen LogP contribution in [-0.2, 0) is 27.3 Å². The van der Waals surface area contributed by atoms with Gasteiger partial charge in [0.2, 0.25) is 0 Å². The number of nitrogen functional groups attached to an aromatic ring is 1. The van der Waals surface area contributed by atoms with Gasteiger partial charge in [0, 0.05) is 6.42 Å². The van der Waals surface area contributed by atoms with Gasteiger partial charge in [0.15, 0.2) is 0 Å². The van der Waals surface area contributed by atoms with Gasteiger partial charge in [0.05, 0.1) is 31.5 Å². The molecule has 0 bridgehead atoms. The summed E-state index contributed by atoms with van der Waals surface area (Å²) in [5, 5.41) is 8.78. The van der Waals surface area contributed by atoms with Gasteiger partial charge in [-0.2, -0.15) is 0 Å². The number of ether oxygens (including phenoxy) is 1. The molecule has 1 aromatic carbocycles. The van der Waals surface area contributed by atoms with Crippen LogP contribution in [0.1, 0.15) is 23.2 Å². The number of rotatable bonds is 7. The molecule has 1 aromatic heterocycles. The number of anilines is 1. The average molecular weight is 367 g/mol. The molecule has 0 fully saturated rings. The minimum absolute atomic E-state index is 0.0747. The summed E-state index contributed by atoms with van der Waals surface area (Å²) in [5.74, 6) is 0.0491. The van der Waals surface area contributed by atoms with E-state index in [4.69, 9.17) is 15.6 Å². The maximum atomic E-state index is 12.9. The van der Waals surface area contributed by atoms with Crippen LogP contribution < -0.4 is 5.73 Å². The summed E-state index contributed by atoms with van der Waals surface area (Å²) < 4.78 is 5.44. The Morgan fingerprint density at radius 2 is 2.00 bits per heavy atom. The van der Waals surface area contributed by atoms with Gasteiger partial charge >= 0.3 is 5.97 Å². The Morgan fingerprint density at radius 3 is 2.63 bits per heavy atom. The Labute approximate surface area is 157 Å². The van der Waals surface area contributed by atoms with Crippen LogP contribution in [0.4, 0.5) is 5.82 Å². The highest BCUT2D eigenvalue weighted by Crippen LogP contribution is 2.30. The maximum Gasteiger partial charge on any atom is 0.303 e. The molecular formula is C20H21N3O4. The number of aromatic nitrogens is 1. The molecule has 0 atom stereocenters. The fourth-order valence-corrected chi connectivity index (χ4v) is 3.05. The quantitative estimate of drug-likeness (QED) is 0.776. The molecular weight excluding hydrogens is 346 g/mol. The fourth-order valence-electron chi connectivity index (χ4n) is 3.05. The van der Waals surface area contributed by atoms with Gasteiger partial charge in [0.25, 0.3) is 5.91 Å². The summed E-state index contributed by atoms with van der Waals surface area (Å²) in [4.78, 5) is 29.5. The summed E-state index contributed by atoms with van der Waals surface area (Å²) in [6, 6.07) is 12.7. The Morgan fingerprint density at radius 1 is 1.26 bits per heavy atom. The highest BCUT2D eigenvalue weighted by Gasteiger charge is 2.32. The molecule has 140 valence electrons. The normalized spacial score (nSPS) is 14.0. The molecule has 0 spiro atoms. The van der Waals surface area contributed by atoms with E-state index in [1.54, 1.807) is 24.1 Å². The minimum Gasteiger partial charge on any atom is -0.498 e. The molecule has 0 saturated heterocycles. The molecule has 7 heteroatoms. The van der Waals surface area contributed by atoms with Gasteiger partial charge in [-0.05, 0) is 29.7 Å². The SMILES string of the molecule is COC1=C(c2ccc(CCC(=O)O)cc2)C(=O)N(Cc2cccc(N)n2)C1. The number of carbonyl (C=O) groups is 2. The van der Waals surface area contributed by atoms with Crippen LogP contribution in [0.3, 0.4) is 0 Å². The van der Waals surface area contributed by atoms with Gasteiger partial charge in [-0.15, -0.1) is 0 Å². The van der Waals surface area contributed by atoms with Crippen LogP contribution in [-0.4, -0.2) is 40.5 Å². The van der Waals surface area contributed by atoms with Crippen molar-refractivity contribution in [2.45, 2.75) is 19.4 Å². The first-order valence-electron chi connectivity index (χ1n) is 8.57. The lowest BCUT2D eigenvalue weighted by Gasteiger charge is -2.16. The molecule has 2 aromatic rings. The maximum absolute atomic E-state index is 12.9. The van der Waals surface area contributed by atoms with E-state index < -0.39 is 5.97 Å². The third kappa shape index (κ3) is 4.25. The molecule has 0 saturated carbocycles. The van der Waals surface area contributed by atoms with E-state index in [0.29, 0.717) is 42.4 Å². The summed E-state index contributed by atoms with van der Waals surface area (Å²) >= 11 is 0. The van der Waals surface area contributed by atoms with Crippen molar-refractivity contribution in [1.29, 1.82) is 0 Å². The van der Waals surface area contributed by atoms with E-state index in [-0.39, 0.29) is 12.3 Å². The molecule has 1 aliphatic rings. The summed E-state index contributed by atoms with van der Waals surface area (Å²) in [6.45, 7) is 0.707. The topological polar surface area (TPSA) is 106 Å². The van der Waals surface area contributed by atoms with E-state index >= 15 is 0 Å². The number of methoxy groups -OCH3 is 1. The molecule has 1 aliphatic heterocycles. The van der Waals surface area contributed by atoms with Crippen molar-refractivity contribution in [3.63, 3.8) is 0 Å². The second kappa shape index (κ2) is 7.90. The third-order valence-corrected chi connectivity index (χ3v) is 4.41. The van der Waals surface area contributed by atoms with Crippen molar-refractivity contribution in [2.75, 3.05) is 19.4 Å². The fraction of sp³-hybridized carbons (Fsp3) is 0.250. The van der Waals surface area contributed by atoms with E-state index in [9.17, 15) is 9.59 Å². The lowest BCUT2D eigenvalue weighted by Crippen LogP contribution is -2.27. The van der Waals surface area contributed by atoms with Crippen molar-refractivity contribution in [3.05, 3.63) is 65.0 Å². The first kappa shape index (κ1) is 18.4. The second-order valence-electron chi connectivity index (χ2n) is 6.31. The predicted octanol–water partition coefficient (Wildman–Crippen LogP) is 2.08. The molecule has 2 heterocycles. The number of aryl methyl sites for hydroxylation is 1. The van der Waals surface area contributed by atoms with E-state index in [2.05, 4.69) is 4.98 Å². The van der Waals surface area contributed by atoms with Crippen molar-refractivity contribution in [3.8, 4) is 0 Å². The molecule has 0 aliphatic carbocycles. The van der Waals surface area contributed by atoms with Gasteiger partial charge < -0.3 is 20.5 Å². The van der Waals surface area contributed by atoms with Gasteiger partial charge in [-0.25, -0.2) is 4.98 Å². The van der Waals surface area contributed by atoms with E-state index in [1.165, 1.54) is 0 Å². The molecule has 27 heavy (non-hydrogen) atoms.